The van der Waals surface area contributed by atoms with E-state index in [1.807, 2.05) is 12.1 Å². The van der Waals surface area contributed by atoms with Gasteiger partial charge in [-0.1, -0.05) is 12.1 Å². The molecule has 3 nitrogen and oxygen atoms in total. The summed E-state index contributed by atoms with van der Waals surface area (Å²) in [5, 5.41) is 1.16. The van der Waals surface area contributed by atoms with Crippen LogP contribution in [0, 0.1) is 6.92 Å². The van der Waals surface area contributed by atoms with Crippen LogP contribution in [-0.4, -0.2) is 18.6 Å². The lowest BCUT2D eigenvalue weighted by Gasteiger charge is -2.09. The average Bonchev–Trinajstić information content (AvgIpc) is 2.38. The van der Waals surface area contributed by atoms with Crippen LogP contribution in [0.5, 0.6) is 5.75 Å². The molecule has 2 N–H and O–H groups in total. The van der Waals surface area contributed by atoms with Crippen molar-refractivity contribution in [1.82, 2.24) is 4.98 Å². The molecule has 96 valence electrons. The minimum Gasteiger partial charge on any atom is -0.494 e. The van der Waals surface area contributed by atoms with Crippen LogP contribution < -0.4 is 10.5 Å². The van der Waals surface area contributed by atoms with Gasteiger partial charge in [0.15, 0.2) is 0 Å². The molecule has 0 aliphatic carbocycles. The van der Waals surface area contributed by atoms with Crippen LogP contribution in [0.2, 0.25) is 0 Å². The van der Waals surface area contributed by atoms with E-state index in [9.17, 15) is 0 Å². The molecule has 0 saturated heterocycles. The lowest BCUT2D eigenvalue weighted by molar-refractivity contribution is 0.418. The third-order valence-electron chi connectivity index (χ3n) is 3.17. The number of nitrogens with two attached hydrogens (primary N) is 1. The first kappa shape index (κ1) is 12.8. The smallest absolute Gasteiger partial charge is 0.145 e. The van der Waals surface area contributed by atoms with Crippen LogP contribution in [-0.2, 0) is 6.42 Å². The van der Waals surface area contributed by atoms with Crippen molar-refractivity contribution < 1.29 is 4.74 Å². The van der Waals surface area contributed by atoms with Crippen molar-refractivity contribution >= 4 is 10.9 Å². The fourth-order valence-corrected chi connectivity index (χ4v) is 2.20. The Hall–Kier alpha value is -1.61. The molecule has 0 unspecified atom stereocenters. The molecule has 0 saturated carbocycles. The van der Waals surface area contributed by atoms with Gasteiger partial charge < -0.3 is 10.5 Å². The summed E-state index contributed by atoms with van der Waals surface area (Å²) < 4.78 is 5.38. The third-order valence-corrected chi connectivity index (χ3v) is 3.17. The van der Waals surface area contributed by atoms with Crippen LogP contribution in [0.3, 0.4) is 0 Å². The number of hydrogen-bond acceptors (Lipinski definition) is 3. The molecule has 3 heteroatoms. The normalized spacial score (nSPS) is 10.8. The predicted octanol–water partition coefficient (Wildman–Crippen LogP) is 2.83. The van der Waals surface area contributed by atoms with Gasteiger partial charge in [0.25, 0.3) is 0 Å². The largest absolute Gasteiger partial charge is 0.494 e. The maximum atomic E-state index is 5.52. The first-order valence-electron chi connectivity index (χ1n) is 6.39. The Labute approximate surface area is 108 Å². The van der Waals surface area contributed by atoms with Crippen molar-refractivity contribution in [2.45, 2.75) is 26.2 Å². The van der Waals surface area contributed by atoms with Gasteiger partial charge >= 0.3 is 0 Å². The van der Waals surface area contributed by atoms with Crippen LogP contribution in [0.15, 0.2) is 24.3 Å². The van der Waals surface area contributed by atoms with E-state index in [4.69, 9.17) is 15.5 Å². The maximum absolute atomic E-state index is 5.52. The second-order valence-electron chi connectivity index (χ2n) is 4.53. The van der Waals surface area contributed by atoms with Gasteiger partial charge in [0, 0.05) is 11.1 Å². The summed E-state index contributed by atoms with van der Waals surface area (Å²) in [6, 6.07) is 8.21. The van der Waals surface area contributed by atoms with Crippen molar-refractivity contribution in [3.05, 3.63) is 35.5 Å². The predicted molar refractivity (Wildman–Crippen MR) is 75.0 cm³/mol. The highest BCUT2D eigenvalue weighted by atomic mass is 16.5. The van der Waals surface area contributed by atoms with Crippen molar-refractivity contribution in [1.29, 1.82) is 0 Å². The molecular formula is C15H20N2O. The number of ether oxygens (including phenoxy) is 1. The second-order valence-corrected chi connectivity index (χ2v) is 4.53. The average molecular weight is 244 g/mol. The molecule has 1 aromatic carbocycles. The molecule has 1 heterocycles. The Balaban J connectivity index is 2.39. The van der Waals surface area contributed by atoms with E-state index < -0.39 is 0 Å². The number of unbranched alkanes of at least 4 members (excludes halogenated alkanes) is 1. The highest BCUT2D eigenvalue weighted by Gasteiger charge is 2.07. The molecular weight excluding hydrogens is 224 g/mol. The number of benzene rings is 1. The molecule has 0 aliphatic heterocycles. The SMILES string of the molecule is COc1cccc2c(C)cc(CCCCN)nc12. The minimum atomic E-state index is 0.746. The van der Waals surface area contributed by atoms with Crippen molar-refractivity contribution in [2.24, 2.45) is 5.73 Å². The summed E-state index contributed by atoms with van der Waals surface area (Å²) in [5.41, 5.74) is 8.85. The van der Waals surface area contributed by atoms with E-state index in [1.165, 1.54) is 5.56 Å². The number of pyridine rings is 1. The lowest BCUT2D eigenvalue weighted by atomic mass is 10.1. The van der Waals surface area contributed by atoms with E-state index in [1.54, 1.807) is 7.11 Å². The van der Waals surface area contributed by atoms with Gasteiger partial charge in [0.05, 0.1) is 7.11 Å². The van der Waals surface area contributed by atoms with E-state index in [2.05, 4.69) is 19.1 Å². The van der Waals surface area contributed by atoms with Crippen molar-refractivity contribution in [3.8, 4) is 5.75 Å². The Kier molecular flexibility index (Phi) is 4.15. The van der Waals surface area contributed by atoms with Gasteiger partial charge in [0.2, 0.25) is 0 Å². The standard InChI is InChI=1S/C15H20N2O/c1-11-10-12(6-3-4-9-16)17-15-13(11)7-5-8-14(15)18-2/h5,7-8,10H,3-4,6,9,16H2,1-2H3. The van der Waals surface area contributed by atoms with Crippen LogP contribution >= 0.6 is 0 Å². The fourth-order valence-electron chi connectivity index (χ4n) is 2.20. The zero-order chi connectivity index (χ0) is 13.0. The van der Waals surface area contributed by atoms with E-state index in [0.29, 0.717) is 0 Å². The van der Waals surface area contributed by atoms with Gasteiger partial charge in [-0.3, -0.25) is 0 Å². The molecule has 1 aromatic heterocycles. The van der Waals surface area contributed by atoms with E-state index in [-0.39, 0.29) is 0 Å². The number of aromatic nitrogens is 1. The summed E-state index contributed by atoms with van der Waals surface area (Å²) in [6.45, 7) is 2.87. The van der Waals surface area contributed by atoms with Crippen molar-refractivity contribution in [3.63, 3.8) is 0 Å². The number of nitrogens with zero attached hydrogens (tertiary/aromatic N) is 1. The van der Waals surface area contributed by atoms with Gasteiger partial charge in [-0.25, -0.2) is 4.98 Å². The molecule has 2 rings (SSSR count). The third kappa shape index (κ3) is 2.62. The highest BCUT2D eigenvalue weighted by Crippen LogP contribution is 2.26. The molecule has 0 aliphatic rings. The van der Waals surface area contributed by atoms with Crippen LogP contribution in [0.1, 0.15) is 24.1 Å². The monoisotopic (exact) mass is 244 g/mol. The lowest BCUT2D eigenvalue weighted by Crippen LogP contribution is -2.00. The van der Waals surface area contributed by atoms with E-state index in [0.717, 1.165) is 48.2 Å². The molecule has 0 bridgehead atoms. The van der Waals surface area contributed by atoms with Crippen molar-refractivity contribution in [2.75, 3.05) is 13.7 Å². The Morgan fingerprint density at radius 3 is 2.83 bits per heavy atom. The molecule has 18 heavy (non-hydrogen) atoms. The second kappa shape index (κ2) is 5.83. The number of hydrogen-bond donors (Lipinski definition) is 1. The number of para-hydroxylation sites is 1. The quantitative estimate of drug-likeness (QED) is 0.823. The first-order chi connectivity index (χ1) is 8.76. The molecule has 0 radical (unpaired) electrons. The topological polar surface area (TPSA) is 48.1 Å². The van der Waals surface area contributed by atoms with E-state index >= 15 is 0 Å². The molecule has 0 spiro atoms. The number of fused-ring (bicyclic) bond motifs is 1. The maximum Gasteiger partial charge on any atom is 0.145 e. The molecule has 0 fully saturated rings. The Bertz CT molecular complexity index is 537. The van der Waals surface area contributed by atoms with Gasteiger partial charge in [-0.15, -0.1) is 0 Å². The van der Waals surface area contributed by atoms with Gasteiger partial charge in [0.1, 0.15) is 11.3 Å². The fraction of sp³-hybridized carbons (Fsp3) is 0.400. The molecule has 2 aromatic rings. The van der Waals surface area contributed by atoms with Crippen LogP contribution in [0.4, 0.5) is 0 Å². The Morgan fingerprint density at radius 1 is 1.28 bits per heavy atom. The first-order valence-corrected chi connectivity index (χ1v) is 6.39. The summed E-state index contributed by atoms with van der Waals surface area (Å²) >= 11 is 0. The zero-order valence-electron chi connectivity index (χ0n) is 11.1. The highest BCUT2D eigenvalue weighted by molar-refractivity contribution is 5.87. The summed E-state index contributed by atoms with van der Waals surface area (Å²) in [6.07, 6.45) is 3.11. The minimum absolute atomic E-state index is 0.746. The number of aryl methyl sites for hydroxylation is 2. The van der Waals surface area contributed by atoms with Gasteiger partial charge in [-0.2, -0.15) is 0 Å². The summed E-state index contributed by atoms with van der Waals surface area (Å²) in [5.74, 6) is 0.844. The van der Waals surface area contributed by atoms with Crippen LogP contribution in [0.25, 0.3) is 10.9 Å². The summed E-state index contributed by atoms with van der Waals surface area (Å²) in [7, 11) is 1.69. The molecule has 0 amide bonds. The number of methoxy groups -OCH3 is 1. The Morgan fingerprint density at radius 2 is 2.11 bits per heavy atom. The van der Waals surface area contributed by atoms with Gasteiger partial charge in [-0.05, 0) is 50.4 Å². The number of rotatable bonds is 5. The summed E-state index contributed by atoms with van der Waals surface area (Å²) in [4.78, 5) is 4.71. The molecule has 0 atom stereocenters. The zero-order valence-corrected chi connectivity index (χ0v) is 11.1.